The molecule has 0 bridgehead atoms. The molecule has 0 fully saturated rings. The third-order valence-corrected chi connectivity index (χ3v) is 3.23. The number of carbonyl (C=O) groups excluding carboxylic acids is 2. The second kappa shape index (κ2) is 5.04. The van der Waals surface area contributed by atoms with Crippen molar-refractivity contribution in [2.24, 2.45) is 0 Å². The van der Waals surface area contributed by atoms with Crippen molar-refractivity contribution in [1.29, 1.82) is 0 Å². The maximum Gasteiger partial charge on any atom is 0.338 e. The van der Waals surface area contributed by atoms with Crippen LogP contribution in [0.3, 0.4) is 0 Å². The van der Waals surface area contributed by atoms with E-state index < -0.39 is 17.9 Å². The second-order valence-electron chi connectivity index (χ2n) is 3.60. The zero-order chi connectivity index (χ0) is 13.3. The third kappa shape index (κ3) is 2.23. The molecule has 18 heavy (non-hydrogen) atoms. The Morgan fingerprint density at radius 2 is 2.17 bits per heavy atom. The van der Waals surface area contributed by atoms with E-state index in [4.69, 9.17) is 27.9 Å². The first-order chi connectivity index (χ1) is 8.54. The molecule has 1 aromatic carbocycles. The van der Waals surface area contributed by atoms with E-state index in [0.717, 1.165) is 0 Å². The van der Waals surface area contributed by atoms with Crippen molar-refractivity contribution in [1.82, 2.24) is 0 Å². The van der Waals surface area contributed by atoms with Gasteiger partial charge in [0.15, 0.2) is 0 Å². The van der Waals surface area contributed by atoms with Crippen molar-refractivity contribution in [3.8, 4) is 0 Å². The summed E-state index contributed by atoms with van der Waals surface area (Å²) in [4.78, 5) is 23.3. The molecule has 1 atom stereocenters. The number of esters is 1. The highest BCUT2D eigenvalue weighted by molar-refractivity contribution is 6.44. The van der Waals surface area contributed by atoms with Crippen LogP contribution >= 0.6 is 23.2 Å². The lowest BCUT2D eigenvalue weighted by Gasteiger charge is -2.26. The van der Waals surface area contributed by atoms with Gasteiger partial charge in [-0.1, -0.05) is 23.2 Å². The molecule has 1 aliphatic rings. The average Bonchev–Trinajstić information content (AvgIpc) is 2.34. The second-order valence-corrected chi connectivity index (χ2v) is 4.39. The minimum absolute atomic E-state index is 0.195. The quantitative estimate of drug-likeness (QED) is 0.647. The highest BCUT2D eigenvalue weighted by atomic mass is 35.5. The number of hydrogen-bond acceptors (Lipinski definition) is 4. The molecular formula is C11H10Cl2N2O3. The zero-order valence-electron chi connectivity index (χ0n) is 9.42. The molecule has 96 valence electrons. The summed E-state index contributed by atoms with van der Waals surface area (Å²) in [7, 11) is 0. The van der Waals surface area contributed by atoms with E-state index in [9.17, 15) is 9.59 Å². The smallest absolute Gasteiger partial charge is 0.338 e. The van der Waals surface area contributed by atoms with Gasteiger partial charge < -0.3 is 15.4 Å². The number of amides is 1. The standard InChI is InChI=1S/C11H10Cl2N2O3/c1-2-18-11(17)9-10(16)14-6-4-3-5(12)7(13)8(6)15-9/h3-4,9,15H,2H2,1H3,(H,14,16). The number of hydrogen-bond donors (Lipinski definition) is 2. The first kappa shape index (κ1) is 13.0. The first-order valence-corrected chi connectivity index (χ1v) is 6.02. The number of ether oxygens (including phenoxy) is 1. The molecule has 7 heteroatoms. The van der Waals surface area contributed by atoms with Crippen LogP contribution in [0, 0.1) is 0 Å². The van der Waals surface area contributed by atoms with E-state index in [-0.39, 0.29) is 11.6 Å². The third-order valence-electron chi connectivity index (χ3n) is 2.43. The van der Waals surface area contributed by atoms with Crippen LogP contribution in [0.4, 0.5) is 11.4 Å². The maximum absolute atomic E-state index is 11.7. The molecule has 1 aliphatic heterocycles. The van der Waals surface area contributed by atoms with Crippen molar-refractivity contribution in [2.75, 3.05) is 17.2 Å². The van der Waals surface area contributed by atoms with Crippen LogP contribution in [0.25, 0.3) is 0 Å². The van der Waals surface area contributed by atoms with Crippen molar-refractivity contribution in [3.63, 3.8) is 0 Å². The van der Waals surface area contributed by atoms with Crippen LogP contribution in [0.1, 0.15) is 6.92 Å². The summed E-state index contributed by atoms with van der Waals surface area (Å²) >= 11 is 11.9. The summed E-state index contributed by atoms with van der Waals surface area (Å²) in [5.74, 6) is -1.14. The van der Waals surface area contributed by atoms with Crippen molar-refractivity contribution < 1.29 is 14.3 Å². The number of carbonyl (C=O) groups is 2. The normalized spacial score (nSPS) is 17.5. The number of anilines is 2. The number of rotatable bonds is 2. The lowest BCUT2D eigenvalue weighted by molar-refractivity contribution is -0.146. The SMILES string of the molecule is CCOC(=O)C1Nc2c(ccc(Cl)c2Cl)NC1=O. The molecule has 0 spiro atoms. The molecular weight excluding hydrogens is 279 g/mol. The lowest BCUT2D eigenvalue weighted by atomic mass is 10.1. The Morgan fingerprint density at radius 1 is 1.44 bits per heavy atom. The summed E-state index contributed by atoms with van der Waals surface area (Å²) in [6.07, 6.45) is 0. The molecule has 0 aromatic heterocycles. The monoisotopic (exact) mass is 288 g/mol. The molecule has 2 N–H and O–H groups in total. The Balaban J connectivity index is 2.34. The molecule has 2 rings (SSSR count). The van der Waals surface area contributed by atoms with Gasteiger partial charge in [0, 0.05) is 0 Å². The predicted octanol–water partition coefficient (Wildman–Crippen LogP) is 2.29. The topological polar surface area (TPSA) is 67.4 Å². The Labute approximate surface area is 113 Å². The van der Waals surface area contributed by atoms with Gasteiger partial charge in [0.05, 0.1) is 28.0 Å². The fourth-order valence-electron chi connectivity index (χ4n) is 1.60. The molecule has 0 radical (unpaired) electrons. The van der Waals surface area contributed by atoms with E-state index >= 15 is 0 Å². The van der Waals surface area contributed by atoms with E-state index in [1.165, 1.54) is 0 Å². The number of benzene rings is 1. The maximum atomic E-state index is 11.7. The number of nitrogens with one attached hydrogen (secondary N) is 2. The van der Waals surface area contributed by atoms with Crippen molar-refractivity contribution >= 4 is 46.5 Å². The van der Waals surface area contributed by atoms with Gasteiger partial charge in [-0.3, -0.25) is 4.79 Å². The van der Waals surface area contributed by atoms with Crippen LogP contribution in [0.5, 0.6) is 0 Å². The van der Waals surface area contributed by atoms with Gasteiger partial charge >= 0.3 is 5.97 Å². The van der Waals surface area contributed by atoms with E-state index in [0.29, 0.717) is 16.4 Å². The molecule has 1 aromatic rings. The molecule has 5 nitrogen and oxygen atoms in total. The van der Waals surface area contributed by atoms with Gasteiger partial charge in [-0.15, -0.1) is 0 Å². The van der Waals surface area contributed by atoms with Crippen LogP contribution in [-0.2, 0) is 14.3 Å². The van der Waals surface area contributed by atoms with E-state index in [2.05, 4.69) is 10.6 Å². The summed E-state index contributed by atoms with van der Waals surface area (Å²) in [5.41, 5.74) is 0.900. The Bertz CT molecular complexity index is 519. The minimum Gasteiger partial charge on any atom is -0.464 e. The van der Waals surface area contributed by atoms with Crippen LogP contribution < -0.4 is 10.6 Å². The molecule has 0 aliphatic carbocycles. The number of fused-ring (bicyclic) bond motifs is 1. The first-order valence-electron chi connectivity index (χ1n) is 5.26. The fraction of sp³-hybridized carbons (Fsp3) is 0.273. The van der Waals surface area contributed by atoms with Gasteiger partial charge in [-0.25, -0.2) is 4.79 Å². The lowest BCUT2D eigenvalue weighted by Crippen LogP contribution is -2.45. The molecule has 1 unspecified atom stereocenters. The summed E-state index contributed by atoms with van der Waals surface area (Å²) in [6, 6.07) is 2.05. The number of halogens is 2. The summed E-state index contributed by atoms with van der Waals surface area (Å²) in [6.45, 7) is 1.86. The molecule has 1 amide bonds. The van der Waals surface area contributed by atoms with Crippen molar-refractivity contribution in [3.05, 3.63) is 22.2 Å². The zero-order valence-corrected chi connectivity index (χ0v) is 10.9. The highest BCUT2D eigenvalue weighted by Crippen LogP contribution is 2.38. The largest absolute Gasteiger partial charge is 0.464 e. The van der Waals surface area contributed by atoms with Crippen LogP contribution in [0.2, 0.25) is 10.0 Å². The van der Waals surface area contributed by atoms with Gasteiger partial charge in [0.25, 0.3) is 5.91 Å². The van der Waals surface area contributed by atoms with E-state index in [1.807, 2.05) is 0 Å². The Hall–Kier alpha value is -1.46. The van der Waals surface area contributed by atoms with Gasteiger partial charge in [0.2, 0.25) is 6.04 Å². The van der Waals surface area contributed by atoms with Gasteiger partial charge in [0.1, 0.15) is 0 Å². The highest BCUT2D eigenvalue weighted by Gasteiger charge is 2.34. The summed E-state index contributed by atoms with van der Waals surface area (Å²) in [5, 5.41) is 5.90. The molecule has 0 saturated heterocycles. The van der Waals surface area contributed by atoms with Crippen molar-refractivity contribution in [2.45, 2.75) is 13.0 Å². The van der Waals surface area contributed by atoms with E-state index in [1.54, 1.807) is 19.1 Å². The predicted molar refractivity (Wildman–Crippen MR) is 69.1 cm³/mol. The Morgan fingerprint density at radius 3 is 2.83 bits per heavy atom. The van der Waals surface area contributed by atoms with Gasteiger partial charge in [-0.05, 0) is 19.1 Å². The van der Waals surface area contributed by atoms with Gasteiger partial charge in [-0.2, -0.15) is 0 Å². The summed E-state index contributed by atoms with van der Waals surface area (Å²) < 4.78 is 4.80. The minimum atomic E-state index is -1.12. The molecule has 1 heterocycles. The average molecular weight is 289 g/mol. The van der Waals surface area contributed by atoms with Crippen LogP contribution in [-0.4, -0.2) is 24.5 Å². The fourth-order valence-corrected chi connectivity index (χ4v) is 1.98. The molecule has 0 saturated carbocycles. The Kier molecular flexibility index (Phi) is 3.63. The van der Waals surface area contributed by atoms with Crippen LogP contribution in [0.15, 0.2) is 12.1 Å².